The van der Waals surface area contributed by atoms with Crippen molar-refractivity contribution in [2.75, 3.05) is 0 Å². The van der Waals surface area contributed by atoms with E-state index in [1.807, 2.05) is 0 Å². The second-order valence-electron chi connectivity index (χ2n) is 40.6. The van der Waals surface area contributed by atoms with Gasteiger partial charge in [0.15, 0.2) is 0 Å². The highest BCUT2D eigenvalue weighted by Crippen LogP contribution is 2.55. The number of imidazole rings is 3. The van der Waals surface area contributed by atoms with Gasteiger partial charge in [-0.05, 0) is 245 Å². The first-order chi connectivity index (χ1) is 73.2. The molecule has 0 fully saturated rings. The number of nitrogens with zero attached hydrogens (tertiary/aromatic N) is 6. The fourth-order valence-corrected chi connectivity index (χ4v) is 25.3. The topological polar surface area (TPSA) is 51.9 Å². The van der Waals surface area contributed by atoms with E-state index in [1.54, 1.807) is 0 Å². The number of rotatable bonds is 6. The van der Waals surface area contributed by atoms with Gasteiger partial charge in [-0.3, -0.25) is 13.2 Å². The maximum absolute atomic E-state index is 5.51. The molecular formula is C142H88N6. The van der Waals surface area contributed by atoms with E-state index >= 15 is 0 Å². The lowest BCUT2D eigenvalue weighted by atomic mass is 9.81. The van der Waals surface area contributed by atoms with Gasteiger partial charge >= 0.3 is 0 Å². The van der Waals surface area contributed by atoms with Crippen molar-refractivity contribution in [2.24, 2.45) is 0 Å². The molecule has 0 unspecified atom stereocenters. The highest BCUT2D eigenvalue weighted by atomic mass is 15.0. The lowest BCUT2D eigenvalue weighted by molar-refractivity contribution is 0.661. The third-order valence-electron chi connectivity index (χ3n) is 32.4. The van der Waals surface area contributed by atoms with E-state index in [0.29, 0.717) is 0 Å². The first-order valence-electron chi connectivity index (χ1n) is 51.2. The molecule has 0 saturated heterocycles. The summed E-state index contributed by atoms with van der Waals surface area (Å²) in [5, 5.41) is 35.6. The minimum Gasteiger partial charge on any atom is -0.292 e. The number of hydrogen-bond donors (Lipinski definition) is 0. The van der Waals surface area contributed by atoms with Gasteiger partial charge in [0.1, 0.15) is 16.9 Å². The molecule has 0 bridgehead atoms. The van der Waals surface area contributed by atoms with E-state index in [4.69, 9.17) is 15.0 Å². The maximum Gasteiger partial charge on any atom is 0.147 e. The van der Waals surface area contributed by atoms with Crippen molar-refractivity contribution in [1.29, 1.82) is 0 Å². The summed E-state index contributed by atoms with van der Waals surface area (Å²) in [5.41, 5.74) is 33.1. The lowest BCUT2D eigenvalue weighted by Gasteiger charge is -2.22. The zero-order valence-corrected chi connectivity index (χ0v) is 81.0. The molecule has 6 heterocycles. The summed E-state index contributed by atoms with van der Waals surface area (Å²) in [6, 6.07) is 182. The summed E-state index contributed by atoms with van der Waals surface area (Å²) in [7, 11) is 0. The zero-order valence-electron chi connectivity index (χ0n) is 81.0. The maximum atomic E-state index is 5.51. The quantitative estimate of drug-likeness (QED) is 0.123. The average molecular weight is 1880 g/mol. The number of hydrogen-bond acceptors (Lipinski definition) is 3. The van der Waals surface area contributed by atoms with Crippen LogP contribution in [-0.4, -0.2) is 28.2 Å². The Balaban J connectivity index is 0.000000101. The molecule has 33 rings (SSSR count). The summed E-state index contributed by atoms with van der Waals surface area (Å²) in [6.07, 6.45) is 0. The Kier molecular flexibility index (Phi) is 18.2. The van der Waals surface area contributed by atoms with Gasteiger partial charge in [-0.15, -0.1) is 0 Å². The number of benzene rings is 26. The second-order valence-corrected chi connectivity index (χ2v) is 40.6. The molecule has 686 valence electrons. The van der Waals surface area contributed by atoms with Crippen molar-refractivity contribution in [2.45, 2.75) is 19.3 Å². The Bertz CT molecular complexity index is 11300. The van der Waals surface area contributed by atoms with Crippen molar-refractivity contribution >= 4 is 223 Å². The summed E-state index contributed by atoms with van der Waals surface area (Å²) >= 11 is 0. The van der Waals surface area contributed by atoms with Crippen molar-refractivity contribution < 1.29 is 0 Å². The summed E-state index contributed by atoms with van der Waals surface area (Å²) in [5.74, 6) is 0. The molecule has 0 radical (unpaired) electrons. The van der Waals surface area contributed by atoms with Crippen molar-refractivity contribution in [3.8, 4) is 77.9 Å². The Morgan fingerprint density at radius 2 is 0.426 bits per heavy atom. The van der Waals surface area contributed by atoms with Crippen molar-refractivity contribution in [3.63, 3.8) is 0 Å². The van der Waals surface area contributed by atoms with Crippen LogP contribution in [-0.2, 0) is 5.41 Å². The van der Waals surface area contributed by atoms with E-state index in [2.05, 4.69) is 524 Å². The number of fused-ring (bicyclic) bond motifs is 44. The molecule has 1 aliphatic carbocycles. The normalized spacial score (nSPS) is 12.6. The third kappa shape index (κ3) is 12.6. The Morgan fingerprint density at radius 3 is 0.865 bits per heavy atom. The molecule has 26 aromatic carbocycles. The van der Waals surface area contributed by atoms with Gasteiger partial charge in [0, 0.05) is 53.9 Å². The smallest absolute Gasteiger partial charge is 0.147 e. The van der Waals surface area contributed by atoms with Crippen LogP contribution in [0.3, 0.4) is 0 Å². The van der Waals surface area contributed by atoms with Crippen LogP contribution >= 0.6 is 0 Å². The van der Waals surface area contributed by atoms with E-state index < -0.39 is 0 Å². The minimum atomic E-state index is -0.0896. The molecule has 0 aliphatic heterocycles. The van der Waals surface area contributed by atoms with E-state index in [0.717, 1.165) is 55.6 Å². The fourth-order valence-electron chi connectivity index (χ4n) is 25.3. The average Bonchev–Trinajstić information content (AvgIpc) is 1.51. The van der Waals surface area contributed by atoms with Crippen molar-refractivity contribution in [3.05, 3.63) is 509 Å². The highest BCUT2D eigenvalue weighted by molar-refractivity contribution is 6.30. The monoisotopic (exact) mass is 1880 g/mol. The van der Waals surface area contributed by atoms with Crippen LogP contribution in [0.5, 0.6) is 0 Å². The van der Waals surface area contributed by atoms with Gasteiger partial charge < -0.3 is 0 Å². The largest absolute Gasteiger partial charge is 0.292 e. The van der Waals surface area contributed by atoms with Crippen molar-refractivity contribution in [1.82, 2.24) is 28.2 Å². The first kappa shape index (κ1) is 83.4. The van der Waals surface area contributed by atoms with Crippen LogP contribution in [0.2, 0.25) is 0 Å². The number of aromatic nitrogens is 6. The molecule has 0 amide bonds. The van der Waals surface area contributed by atoms with Gasteiger partial charge in [-0.25, -0.2) is 15.0 Å². The van der Waals surface area contributed by atoms with Gasteiger partial charge in [-0.1, -0.05) is 463 Å². The SMILES string of the molecule is CC1(C)c2cc(-c3ccc4c5ccc6ccccc6c5c5nc6c7ccccc7ccc6n5c4c3)ccc2-c2c1ccc1ccccc21.c1ccc(-c2ccc(-c3c4ccccc4c(-c4ccc5c6ccc7ccccc7c6c6nc7c8ccccc8ccc7n6c5c4)c4ccccc34)cc2)cc1.c1ccc2cc(-c3ccc(-c4ccc5c6ccc7ccccc7c6c6nc7c8ccccc8ccc7n6c5c4)cc3)ccc2c1. The molecule has 0 spiro atoms. The first-order valence-corrected chi connectivity index (χ1v) is 51.2. The van der Waals surface area contributed by atoms with Crippen LogP contribution in [0, 0.1) is 0 Å². The predicted octanol–water partition coefficient (Wildman–Crippen LogP) is 38.2. The second kappa shape index (κ2) is 32.4. The number of pyridine rings is 3. The zero-order chi connectivity index (χ0) is 97.2. The third-order valence-corrected chi connectivity index (χ3v) is 32.4. The standard InChI is InChI=1S/C53H32N2.C46H30N2.C43H26N2/c1-2-12-33(13-3-1)34-22-24-37(25-23-34)49-42-18-8-10-20-44(42)50(45-21-11-9-19-43(45)49)38-27-29-41-46-30-26-35-14-4-6-16-39(35)51(46)53-54-52-40-17-7-5-15-36(40)28-31-47(52)55(53)48(41)32-38;1-46(2)38-23-18-28-10-3-6-12-32(28)42(38)37-22-17-30(25-39(37)46)31-16-20-35-36-21-15-27-9-4-7-13-33(27)43(36)45-47-44-34-14-8-5-11-29(34)19-24-40(44)48(45)41(35)26-31;1-2-10-32-25-33(18-17-27(32)7-1)28-13-15-29(16-14-28)34-20-22-37-38-23-19-30-8-3-5-11-35(30)41(38)43-44-42-36-12-6-4-9-31(36)21-24-39(42)45(43)40(37)26-34/h1-32H;3-26H,1-2H3;1-26H. The molecule has 1 aliphatic rings. The molecule has 0 atom stereocenters. The predicted molar refractivity (Wildman–Crippen MR) is 628 cm³/mol. The molecule has 6 nitrogen and oxygen atoms in total. The Hall–Kier alpha value is -19.3. The van der Waals surface area contributed by atoms with Gasteiger partial charge in [-0.2, -0.15) is 0 Å². The molecule has 0 N–H and O–H groups in total. The molecule has 6 heteroatoms. The van der Waals surface area contributed by atoms with E-state index in [1.165, 1.54) is 256 Å². The summed E-state index contributed by atoms with van der Waals surface area (Å²) in [6.45, 7) is 4.75. The van der Waals surface area contributed by atoms with Crippen LogP contribution in [0.15, 0.2) is 497 Å². The summed E-state index contributed by atoms with van der Waals surface area (Å²) in [4.78, 5) is 16.4. The Labute approximate surface area is 850 Å². The van der Waals surface area contributed by atoms with Gasteiger partial charge in [0.05, 0.1) is 49.7 Å². The molecule has 32 aromatic rings. The van der Waals surface area contributed by atoms with Gasteiger partial charge in [0.2, 0.25) is 0 Å². The van der Waals surface area contributed by atoms with Crippen LogP contribution in [0.4, 0.5) is 0 Å². The van der Waals surface area contributed by atoms with Crippen LogP contribution < -0.4 is 0 Å². The molecule has 6 aromatic heterocycles. The van der Waals surface area contributed by atoms with E-state index in [-0.39, 0.29) is 5.41 Å². The van der Waals surface area contributed by atoms with E-state index in [9.17, 15) is 0 Å². The fraction of sp³-hybridized carbons (Fsp3) is 0.0211. The minimum absolute atomic E-state index is 0.0896. The lowest BCUT2D eigenvalue weighted by Crippen LogP contribution is -2.15. The molecule has 148 heavy (non-hydrogen) atoms. The van der Waals surface area contributed by atoms with Gasteiger partial charge in [0.25, 0.3) is 0 Å². The Morgan fingerprint density at radius 1 is 0.155 bits per heavy atom. The van der Waals surface area contributed by atoms with Crippen LogP contribution in [0.1, 0.15) is 25.0 Å². The highest BCUT2D eigenvalue weighted by Gasteiger charge is 2.37. The molecular weight excluding hydrogens is 1790 g/mol. The molecule has 0 saturated carbocycles. The summed E-state index contributed by atoms with van der Waals surface area (Å²) < 4.78 is 7.22. The van der Waals surface area contributed by atoms with Crippen LogP contribution in [0.25, 0.3) is 301 Å².